The SMILES string of the molecule is COC(=O)C[C@@H](c1ccc([N+](=O)[O-])cc1)[C@H](NC(=O)c1cccc(O)c1)C(=O)OC. The van der Waals surface area contributed by atoms with Crippen molar-refractivity contribution in [1.29, 1.82) is 0 Å². The second kappa shape index (κ2) is 10.0. The van der Waals surface area contributed by atoms with Crippen molar-refractivity contribution in [2.24, 2.45) is 0 Å². The van der Waals surface area contributed by atoms with Crippen molar-refractivity contribution in [2.45, 2.75) is 18.4 Å². The lowest BCUT2D eigenvalue weighted by atomic mass is 9.88. The number of phenolic OH excluding ortho intramolecular Hbond substituents is 1. The van der Waals surface area contributed by atoms with Crippen LogP contribution < -0.4 is 5.32 Å². The minimum atomic E-state index is -1.30. The third-order valence-electron chi connectivity index (χ3n) is 4.40. The Bertz CT molecular complexity index is 942. The summed E-state index contributed by atoms with van der Waals surface area (Å²) in [5.41, 5.74) is 0.302. The van der Waals surface area contributed by atoms with Crippen LogP contribution in [-0.4, -0.2) is 48.1 Å². The highest BCUT2D eigenvalue weighted by molar-refractivity contribution is 5.97. The number of carbonyl (C=O) groups is 3. The Hall–Kier alpha value is -3.95. The van der Waals surface area contributed by atoms with Gasteiger partial charge in [0.15, 0.2) is 0 Å². The maximum atomic E-state index is 12.6. The standard InChI is InChI=1S/C20H20N2O8/c1-29-17(24)11-16(12-6-8-14(9-7-12)22(27)28)18(20(26)30-2)21-19(25)13-4-3-5-15(23)10-13/h3-10,16,18,23H,11H2,1-2H3,(H,21,25)/t16-,18-/m0/s1. The molecule has 0 saturated heterocycles. The van der Waals surface area contributed by atoms with Gasteiger partial charge in [0, 0.05) is 23.6 Å². The number of nitrogens with zero attached hydrogens (tertiary/aromatic N) is 1. The Morgan fingerprint density at radius 1 is 1.10 bits per heavy atom. The number of amides is 1. The average Bonchev–Trinajstić information content (AvgIpc) is 2.75. The predicted molar refractivity (Wildman–Crippen MR) is 104 cm³/mol. The summed E-state index contributed by atoms with van der Waals surface area (Å²) in [5, 5.41) is 23.0. The molecule has 2 N–H and O–H groups in total. The average molecular weight is 416 g/mol. The molecule has 2 atom stereocenters. The molecule has 0 aliphatic carbocycles. The highest BCUT2D eigenvalue weighted by Gasteiger charge is 2.34. The number of rotatable bonds is 8. The van der Waals surface area contributed by atoms with Gasteiger partial charge in [-0.05, 0) is 23.8 Å². The lowest BCUT2D eigenvalue weighted by Gasteiger charge is -2.26. The van der Waals surface area contributed by atoms with E-state index < -0.39 is 34.7 Å². The lowest BCUT2D eigenvalue weighted by Crippen LogP contribution is -2.46. The number of phenols is 1. The smallest absolute Gasteiger partial charge is 0.329 e. The van der Waals surface area contributed by atoms with Crippen LogP contribution in [0.1, 0.15) is 28.3 Å². The highest BCUT2D eigenvalue weighted by atomic mass is 16.6. The lowest BCUT2D eigenvalue weighted by molar-refractivity contribution is -0.384. The van der Waals surface area contributed by atoms with Crippen molar-refractivity contribution >= 4 is 23.5 Å². The molecule has 0 fully saturated rings. The summed E-state index contributed by atoms with van der Waals surface area (Å²) >= 11 is 0. The first-order valence-electron chi connectivity index (χ1n) is 8.75. The molecule has 0 aliphatic rings. The maximum absolute atomic E-state index is 12.6. The van der Waals surface area contributed by atoms with Crippen LogP contribution >= 0.6 is 0 Å². The van der Waals surface area contributed by atoms with Crippen LogP contribution in [0.5, 0.6) is 5.75 Å². The Morgan fingerprint density at radius 2 is 1.77 bits per heavy atom. The summed E-state index contributed by atoms with van der Waals surface area (Å²) < 4.78 is 9.48. The second-order valence-electron chi connectivity index (χ2n) is 6.26. The molecule has 10 heteroatoms. The summed E-state index contributed by atoms with van der Waals surface area (Å²) in [6, 6.07) is 9.42. The van der Waals surface area contributed by atoms with Gasteiger partial charge in [0.25, 0.3) is 11.6 Å². The van der Waals surface area contributed by atoms with Gasteiger partial charge in [0.2, 0.25) is 0 Å². The molecule has 0 unspecified atom stereocenters. The van der Waals surface area contributed by atoms with E-state index in [0.29, 0.717) is 5.56 Å². The molecule has 1 amide bonds. The molecule has 0 saturated carbocycles. The highest BCUT2D eigenvalue weighted by Crippen LogP contribution is 2.27. The van der Waals surface area contributed by atoms with Crippen LogP contribution in [0.4, 0.5) is 5.69 Å². The fraction of sp³-hybridized carbons (Fsp3) is 0.250. The molecular formula is C20H20N2O8. The number of hydrogen-bond donors (Lipinski definition) is 2. The van der Waals surface area contributed by atoms with Gasteiger partial charge in [0.05, 0.1) is 25.6 Å². The number of nitro benzene ring substituents is 1. The summed E-state index contributed by atoms with van der Waals surface area (Å²) in [4.78, 5) is 47.4. The second-order valence-corrected chi connectivity index (χ2v) is 6.26. The van der Waals surface area contributed by atoms with E-state index in [1.54, 1.807) is 0 Å². The summed E-state index contributed by atoms with van der Waals surface area (Å²) in [6.07, 6.45) is -0.297. The van der Waals surface area contributed by atoms with E-state index in [2.05, 4.69) is 10.1 Å². The predicted octanol–water partition coefficient (Wildman–Crippen LogP) is 1.92. The number of hydrogen-bond acceptors (Lipinski definition) is 8. The molecular weight excluding hydrogens is 396 g/mol. The fourth-order valence-corrected chi connectivity index (χ4v) is 2.86. The van der Waals surface area contributed by atoms with Gasteiger partial charge in [0.1, 0.15) is 11.8 Å². The molecule has 0 aliphatic heterocycles. The van der Waals surface area contributed by atoms with E-state index in [4.69, 9.17) is 4.74 Å². The van der Waals surface area contributed by atoms with Gasteiger partial charge in [-0.1, -0.05) is 18.2 Å². The molecule has 0 radical (unpaired) electrons. The number of non-ortho nitro benzene ring substituents is 1. The molecule has 0 heterocycles. The van der Waals surface area contributed by atoms with Gasteiger partial charge in [-0.25, -0.2) is 4.79 Å². The van der Waals surface area contributed by atoms with Crippen LogP contribution in [-0.2, 0) is 19.1 Å². The Morgan fingerprint density at radius 3 is 2.30 bits per heavy atom. The Balaban J connectivity index is 2.42. The molecule has 2 rings (SSSR count). The van der Waals surface area contributed by atoms with Gasteiger partial charge in [-0.15, -0.1) is 0 Å². The number of carbonyl (C=O) groups excluding carboxylic acids is 3. The first-order valence-corrected chi connectivity index (χ1v) is 8.75. The minimum Gasteiger partial charge on any atom is -0.508 e. The Kier molecular flexibility index (Phi) is 7.45. The topological polar surface area (TPSA) is 145 Å². The maximum Gasteiger partial charge on any atom is 0.329 e. The van der Waals surface area contributed by atoms with Crippen LogP contribution in [0, 0.1) is 10.1 Å². The normalized spacial score (nSPS) is 12.3. The summed E-state index contributed by atoms with van der Waals surface area (Å²) in [7, 11) is 2.30. The van der Waals surface area contributed by atoms with Crippen molar-refractivity contribution in [3.63, 3.8) is 0 Å². The van der Waals surface area contributed by atoms with Crippen molar-refractivity contribution in [2.75, 3.05) is 14.2 Å². The monoisotopic (exact) mass is 416 g/mol. The number of aromatic hydroxyl groups is 1. The quantitative estimate of drug-likeness (QED) is 0.377. The molecule has 2 aromatic carbocycles. The molecule has 158 valence electrons. The number of ether oxygens (including phenoxy) is 2. The van der Waals surface area contributed by atoms with Gasteiger partial charge >= 0.3 is 11.9 Å². The van der Waals surface area contributed by atoms with E-state index >= 15 is 0 Å². The molecule has 0 bridgehead atoms. The van der Waals surface area contributed by atoms with E-state index in [1.165, 1.54) is 55.6 Å². The van der Waals surface area contributed by atoms with E-state index in [9.17, 15) is 29.6 Å². The van der Waals surface area contributed by atoms with Crippen molar-refractivity contribution in [3.05, 3.63) is 69.8 Å². The zero-order valence-corrected chi connectivity index (χ0v) is 16.2. The first-order chi connectivity index (χ1) is 14.3. The molecule has 0 spiro atoms. The molecule has 30 heavy (non-hydrogen) atoms. The number of benzene rings is 2. The van der Waals surface area contributed by atoms with Crippen LogP contribution in [0.15, 0.2) is 48.5 Å². The summed E-state index contributed by atoms with van der Waals surface area (Å²) in [5.74, 6) is -3.22. The van der Waals surface area contributed by atoms with E-state index in [0.717, 1.165) is 7.11 Å². The van der Waals surface area contributed by atoms with Crippen LogP contribution in [0.3, 0.4) is 0 Å². The van der Waals surface area contributed by atoms with Gasteiger partial charge in [-0.3, -0.25) is 19.7 Å². The number of nitrogens with one attached hydrogen (secondary N) is 1. The third-order valence-corrected chi connectivity index (χ3v) is 4.40. The van der Waals surface area contributed by atoms with Crippen LogP contribution in [0.25, 0.3) is 0 Å². The molecule has 10 nitrogen and oxygen atoms in total. The zero-order valence-electron chi connectivity index (χ0n) is 16.2. The van der Waals surface area contributed by atoms with Crippen LogP contribution in [0.2, 0.25) is 0 Å². The molecule has 0 aromatic heterocycles. The van der Waals surface area contributed by atoms with Gasteiger partial charge in [-0.2, -0.15) is 0 Å². The van der Waals surface area contributed by atoms with Crippen molar-refractivity contribution in [1.82, 2.24) is 5.32 Å². The minimum absolute atomic E-state index is 0.0874. The van der Waals surface area contributed by atoms with Crippen molar-refractivity contribution in [3.8, 4) is 5.75 Å². The Labute approximate surface area is 171 Å². The number of methoxy groups -OCH3 is 2. The molecule has 2 aromatic rings. The first kappa shape index (κ1) is 22.3. The number of nitro groups is 1. The number of esters is 2. The third kappa shape index (κ3) is 5.53. The largest absolute Gasteiger partial charge is 0.508 e. The van der Waals surface area contributed by atoms with Crippen molar-refractivity contribution < 1.29 is 33.9 Å². The zero-order chi connectivity index (χ0) is 22.3. The van der Waals surface area contributed by atoms with E-state index in [1.807, 2.05) is 0 Å². The van der Waals surface area contributed by atoms with E-state index in [-0.39, 0.29) is 23.4 Å². The van der Waals surface area contributed by atoms with Gasteiger partial charge < -0.3 is 19.9 Å². The fourth-order valence-electron chi connectivity index (χ4n) is 2.86. The summed E-state index contributed by atoms with van der Waals surface area (Å²) in [6.45, 7) is 0.